The molecule has 14 heavy (non-hydrogen) atoms. The van der Waals surface area contributed by atoms with E-state index in [-0.39, 0.29) is 11.1 Å². The summed E-state index contributed by atoms with van der Waals surface area (Å²) in [5, 5.41) is 17.0. The molecule has 0 aliphatic heterocycles. The average Bonchev–Trinajstić information content (AvgIpc) is 2.15. The van der Waals surface area contributed by atoms with Crippen LogP contribution in [0.4, 0.5) is 4.39 Å². The standard InChI is InChI=1S/C10H6FNO2/c11-9-3-1-8(6-12)7(5-9)2-4-10(13)14/h1-5H,(H,13,14). The third-order valence-electron chi connectivity index (χ3n) is 1.54. The van der Waals surface area contributed by atoms with Crippen molar-refractivity contribution in [3.05, 3.63) is 41.2 Å². The van der Waals surface area contributed by atoms with Gasteiger partial charge in [-0.3, -0.25) is 0 Å². The summed E-state index contributed by atoms with van der Waals surface area (Å²) in [5.74, 6) is -1.65. The fourth-order valence-corrected chi connectivity index (χ4v) is 0.934. The summed E-state index contributed by atoms with van der Waals surface area (Å²) >= 11 is 0. The molecule has 1 aromatic rings. The summed E-state index contributed by atoms with van der Waals surface area (Å²) in [5.41, 5.74) is 0.499. The molecule has 1 aromatic carbocycles. The van der Waals surface area contributed by atoms with Gasteiger partial charge in [-0.2, -0.15) is 5.26 Å². The van der Waals surface area contributed by atoms with E-state index in [1.807, 2.05) is 6.07 Å². The topological polar surface area (TPSA) is 61.1 Å². The monoisotopic (exact) mass is 191 g/mol. The van der Waals surface area contributed by atoms with E-state index in [0.717, 1.165) is 18.2 Å². The highest BCUT2D eigenvalue weighted by molar-refractivity contribution is 5.85. The van der Waals surface area contributed by atoms with Crippen molar-refractivity contribution >= 4 is 12.0 Å². The van der Waals surface area contributed by atoms with Crippen molar-refractivity contribution in [2.24, 2.45) is 0 Å². The smallest absolute Gasteiger partial charge is 0.328 e. The average molecular weight is 191 g/mol. The van der Waals surface area contributed by atoms with Crippen LogP contribution in [0.5, 0.6) is 0 Å². The molecule has 0 bridgehead atoms. The maximum Gasteiger partial charge on any atom is 0.328 e. The van der Waals surface area contributed by atoms with E-state index in [9.17, 15) is 9.18 Å². The van der Waals surface area contributed by atoms with E-state index < -0.39 is 11.8 Å². The number of carboxylic acid groups (broad SMARTS) is 1. The van der Waals surface area contributed by atoms with Gasteiger partial charge in [-0.05, 0) is 29.8 Å². The van der Waals surface area contributed by atoms with Crippen molar-refractivity contribution in [1.29, 1.82) is 5.26 Å². The van der Waals surface area contributed by atoms with Crippen LogP contribution in [0.1, 0.15) is 11.1 Å². The maximum atomic E-state index is 12.7. The lowest BCUT2D eigenvalue weighted by Crippen LogP contribution is -1.88. The lowest BCUT2D eigenvalue weighted by atomic mass is 10.1. The number of benzene rings is 1. The number of halogens is 1. The highest BCUT2D eigenvalue weighted by atomic mass is 19.1. The minimum Gasteiger partial charge on any atom is -0.478 e. The number of nitrogens with zero attached hydrogens (tertiary/aromatic N) is 1. The van der Waals surface area contributed by atoms with Gasteiger partial charge in [0.05, 0.1) is 11.6 Å². The van der Waals surface area contributed by atoms with Crippen LogP contribution in [-0.2, 0) is 4.79 Å². The van der Waals surface area contributed by atoms with E-state index in [1.54, 1.807) is 0 Å². The highest BCUT2D eigenvalue weighted by Gasteiger charge is 2.00. The lowest BCUT2D eigenvalue weighted by molar-refractivity contribution is -0.131. The molecular weight excluding hydrogens is 185 g/mol. The number of carboxylic acids is 1. The normalized spacial score (nSPS) is 10.0. The maximum absolute atomic E-state index is 12.7. The van der Waals surface area contributed by atoms with Gasteiger partial charge in [0.15, 0.2) is 0 Å². The fraction of sp³-hybridized carbons (Fsp3) is 0. The van der Waals surface area contributed by atoms with Crippen LogP contribution in [0.2, 0.25) is 0 Å². The summed E-state index contributed by atoms with van der Waals surface area (Å²) in [4.78, 5) is 10.2. The largest absolute Gasteiger partial charge is 0.478 e. The first-order valence-corrected chi connectivity index (χ1v) is 3.74. The second-order valence-corrected chi connectivity index (χ2v) is 2.51. The molecule has 0 aliphatic rings. The second kappa shape index (κ2) is 4.19. The molecule has 0 fully saturated rings. The van der Waals surface area contributed by atoms with Crippen molar-refractivity contribution < 1.29 is 14.3 Å². The van der Waals surface area contributed by atoms with Crippen LogP contribution < -0.4 is 0 Å². The minimum atomic E-state index is -1.14. The number of carbonyl (C=O) groups is 1. The third-order valence-corrected chi connectivity index (χ3v) is 1.54. The van der Waals surface area contributed by atoms with Crippen LogP contribution in [0.15, 0.2) is 24.3 Å². The van der Waals surface area contributed by atoms with Gasteiger partial charge in [-0.25, -0.2) is 9.18 Å². The van der Waals surface area contributed by atoms with Crippen LogP contribution in [0, 0.1) is 17.1 Å². The van der Waals surface area contributed by atoms with E-state index in [0.29, 0.717) is 0 Å². The molecule has 0 radical (unpaired) electrons. The van der Waals surface area contributed by atoms with Crippen molar-refractivity contribution in [2.75, 3.05) is 0 Å². The van der Waals surface area contributed by atoms with Crippen LogP contribution in [0.25, 0.3) is 6.08 Å². The zero-order valence-electron chi connectivity index (χ0n) is 7.07. The van der Waals surface area contributed by atoms with Gasteiger partial charge in [0.25, 0.3) is 0 Å². The zero-order chi connectivity index (χ0) is 10.6. The predicted octanol–water partition coefficient (Wildman–Crippen LogP) is 1.80. The van der Waals surface area contributed by atoms with Crippen molar-refractivity contribution in [2.45, 2.75) is 0 Å². The van der Waals surface area contributed by atoms with Gasteiger partial charge in [0.2, 0.25) is 0 Å². The number of aliphatic carboxylic acids is 1. The number of rotatable bonds is 2. The Morgan fingerprint density at radius 3 is 2.86 bits per heavy atom. The Hall–Kier alpha value is -2.15. The lowest BCUT2D eigenvalue weighted by Gasteiger charge is -1.96. The molecule has 0 aromatic heterocycles. The Labute approximate surface area is 79.7 Å². The minimum absolute atomic E-state index is 0.240. The van der Waals surface area contributed by atoms with Gasteiger partial charge in [-0.15, -0.1) is 0 Å². The summed E-state index contributed by atoms with van der Waals surface area (Å²) in [6, 6.07) is 5.40. The molecule has 70 valence electrons. The van der Waals surface area contributed by atoms with Gasteiger partial charge < -0.3 is 5.11 Å². The molecule has 0 saturated heterocycles. The summed E-state index contributed by atoms with van der Waals surface area (Å²) in [6.07, 6.45) is 2.04. The Balaban J connectivity index is 3.13. The van der Waals surface area contributed by atoms with Crippen LogP contribution >= 0.6 is 0 Å². The fourth-order valence-electron chi connectivity index (χ4n) is 0.934. The molecule has 0 atom stereocenters. The van der Waals surface area contributed by atoms with Crippen LogP contribution in [0.3, 0.4) is 0 Å². The van der Waals surface area contributed by atoms with Gasteiger partial charge >= 0.3 is 5.97 Å². The Kier molecular flexibility index (Phi) is 2.97. The first kappa shape index (κ1) is 9.93. The predicted molar refractivity (Wildman–Crippen MR) is 47.8 cm³/mol. The molecule has 1 rings (SSSR count). The first-order chi connectivity index (χ1) is 6.63. The molecule has 4 heteroatoms. The zero-order valence-corrected chi connectivity index (χ0v) is 7.07. The molecular formula is C10H6FNO2. The van der Waals surface area contributed by atoms with Gasteiger partial charge in [0, 0.05) is 6.08 Å². The molecule has 0 saturated carbocycles. The Bertz CT molecular complexity index is 432. The van der Waals surface area contributed by atoms with E-state index in [4.69, 9.17) is 10.4 Å². The Morgan fingerprint density at radius 1 is 1.57 bits per heavy atom. The quantitative estimate of drug-likeness (QED) is 0.725. The molecule has 0 unspecified atom stereocenters. The molecule has 0 aliphatic carbocycles. The second-order valence-electron chi connectivity index (χ2n) is 2.51. The molecule has 3 nitrogen and oxygen atoms in total. The third kappa shape index (κ3) is 2.42. The molecule has 0 heterocycles. The molecule has 0 amide bonds. The van der Waals surface area contributed by atoms with E-state index in [2.05, 4.69) is 0 Å². The van der Waals surface area contributed by atoms with E-state index in [1.165, 1.54) is 12.1 Å². The van der Waals surface area contributed by atoms with Gasteiger partial charge in [-0.1, -0.05) is 0 Å². The van der Waals surface area contributed by atoms with Crippen molar-refractivity contribution in [1.82, 2.24) is 0 Å². The van der Waals surface area contributed by atoms with Crippen molar-refractivity contribution in [3.8, 4) is 6.07 Å². The van der Waals surface area contributed by atoms with Gasteiger partial charge in [0.1, 0.15) is 5.82 Å². The number of hydrogen-bond acceptors (Lipinski definition) is 2. The van der Waals surface area contributed by atoms with Crippen molar-refractivity contribution in [3.63, 3.8) is 0 Å². The highest BCUT2D eigenvalue weighted by Crippen LogP contribution is 2.11. The van der Waals surface area contributed by atoms with Crippen LogP contribution in [-0.4, -0.2) is 11.1 Å². The first-order valence-electron chi connectivity index (χ1n) is 3.74. The number of nitriles is 1. The van der Waals surface area contributed by atoms with E-state index >= 15 is 0 Å². The summed E-state index contributed by atoms with van der Waals surface area (Å²) in [7, 11) is 0. The Morgan fingerprint density at radius 2 is 2.29 bits per heavy atom. The molecule has 0 spiro atoms. The summed E-state index contributed by atoms with van der Waals surface area (Å²) < 4.78 is 12.7. The molecule has 1 N–H and O–H groups in total. The SMILES string of the molecule is N#Cc1ccc(F)cc1C=CC(=O)O. The number of hydrogen-bond donors (Lipinski definition) is 1. The summed E-state index contributed by atoms with van der Waals surface area (Å²) in [6.45, 7) is 0.